The Bertz CT molecular complexity index is 231. The summed E-state index contributed by atoms with van der Waals surface area (Å²) in [6.07, 6.45) is 2.37. The molecule has 0 atom stereocenters. The second-order valence-electron chi connectivity index (χ2n) is 3.62. The first kappa shape index (κ1) is 10.4. The van der Waals surface area contributed by atoms with E-state index in [1.807, 2.05) is 4.90 Å². The molecule has 0 aromatic rings. The van der Waals surface area contributed by atoms with E-state index in [0.29, 0.717) is 18.5 Å². The number of hydrogen-bond acceptors (Lipinski definition) is 4. The van der Waals surface area contributed by atoms with Gasteiger partial charge in [-0.1, -0.05) is 0 Å². The summed E-state index contributed by atoms with van der Waals surface area (Å²) in [4.78, 5) is 1.89. The van der Waals surface area contributed by atoms with Gasteiger partial charge in [-0.25, -0.2) is 0 Å². The molecule has 1 saturated carbocycles. The monoisotopic (exact) mass is 195 g/mol. The van der Waals surface area contributed by atoms with Gasteiger partial charge < -0.3 is 0 Å². The molecular formula is C9H13N3S. The van der Waals surface area contributed by atoms with Crippen LogP contribution in [-0.4, -0.2) is 30.3 Å². The number of hydrogen-bond donors (Lipinski definition) is 1. The van der Waals surface area contributed by atoms with Crippen LogP contribution in [0.15, 0.2) is 0 Å². The van der Waals surface area contributed by atoms with E-state index in [2.05, 4.69) is 24.8 Å². The average molecular weight is 195 g/mol. The summed E-state index contributed by atoms with van der Waals surface area (Å²) in [6, 6.07) is 4.15. The quantitative estimate of drug-likeness (QED) is 0.527. The van der Waals surface area contributed by atoms with Crippen LogP contribution in [-0.2, 0) is 0 Å². The molecule has 1 aliphatic rings. The predicted octanol–water partition coefficient (Wildman–Crippen LogP) is 1.05. The van der Waals surface area contributed by atoms with Gasteiger partial charge in [-0.2, -0.15) is 23.2 Å². The zero-order valence-electron chi connectivity index (χ0n) is 7.53. The van der Waals surface area contributed by atoms with Crippen LogP contribution in [0.2, 0.25) is 0 Å². The minimum Gasteiger partial charge on any atom is -0.277 e. The van der Waals surface area contributed by atoms with Crippen molar-refractivity contribution in [3.63, 3.8) is 0 Å². The van der Waals surface area contributed by atoms with E-state index in [1.165, 1.54) is 12.8 Å². The van der Waals surface area contributed by atoms with Gasteiger partial charge in [0.1, 0.15) is 0 Å². The van der Waals surface area contributed by atoms with Crippen LogP contribution in [0.3, 0.4) is 0 Å². The third-order valence-electron chi connectivity index (χ3n) is 2.44. The van der Waals surface area contributed by atoms with Crippen LogP contribution in [0.4, 0.5) is 0 Å². The molecule has 0 radical (unpaired) electrons. The van der Waals surface area contributed by atoms with Crippen molar-refractivity contribution in [2.75, 3.05) is 25.4 Å². The molecule has 0 bridgehead atoms. The highest BCUT2D eigenvalue weighted by molar-refractivity contribution is 7.80. The summed E-state index contributed by atoms with van der Waals surface area (Å²) in [5.41, 5.74) is 0.302. The van der Waals surface area contributed by atoms with Gasteiger partial charge in [-0.05, 0) is 24.0 Å². The molecule has 0 aliphatic heterocycles. The third kappa shape index (κ3) is 2.91. The molecule has 0 amide bonds. The lowest BCUT2D eigenvalue weighted by Crippen LogP contribution is -2.32. The van der Waals surface area contributed by atoms with Gasteiger partial charge in [0, 0.05) is 6.54 Å². The Morgan fingerprint density at radius 3 is 2.08 bits per heavy atom. The first-order valence-electron chi connectivity index (χ1n) is 4.33. The zero-order valence-corrected chi connectivity index (χ0v) is 8.43. The maximum Gasteiger partial charge on any atom is 0.0874 e. The highest BCUT2D eigenvalue weighted by Crippen LogP contribution is 2.46. The van der Waals surface area contributed by atoms with E-state index < -0.39 is 0 Å². The summed E-state index contributed by atoms with van der Waals surface area (Å²) < 4.78 is 0. The lowest BCUT2D eigenvalue weighted by molar-refractivity contribution is 0.282. The topological polar surface area (TPSA) is 50.8 Å². The molecule has 0 spiro atoms. The van der Waals surface area contributed by atoms with Gasteiger partial charge in [0.25, 0.3) is 0 Å². The van der Waals surface area contributed by atoms with Gasteiger partial charge >= 0.3 is 0 Å². The predicted molar refractivity (Wildman–Crippen MR) is 53.2 cm³/mol. The standard InChI is InChI=1S/C9H13N3S/c10-3-5-12(6-4-11)7-9(8-13)1-2-9/h13H,1-2,5-8H2. The van der Waals surface area contributed by atoms with Gasteiger partial charge in [-0.15, -0.1) is 0 Å². The van der Waals surface area contributed by atoms with Crippen molar-refractivity contribution in [3.8, 4) is 12.1 Å². The Labute approximate surface area is 84.4 Å². The molecule has 0 aromatic heterocycles. The third-order valence-corrected chi connectivity index (χ3v) is 3.11. The first-order valence-corrected chi connectivity index (χ1v) is 4.97. The van der Waals surface area contributed by atoms with Crippen LogP contribution in [0.5, 0.6) is 0 Å². The van der Waals surface area contributed by atoms with E-state index in [1.54, 1.807) is 0 Å². The number of rotatable bonds is 5. The fraction of sp³-hybridized carbons (Fsp3) is 0.778. The summed E-state index contributed by atoms with van der Waals surface area (Å²) in [7, 11) is 0. The molecule has 0 aromatic carbocycles. The van der Waals surface area contributed by atoms with Crippen LogP contribution < -0.4 is 0 Å². The fourth-order valence-electron chi connectivity index (χ4n) is 1.39. The van der Waals surface area contributed by atoms with Crippen molar-refractivity contribution >= 4 is 12.6 Å². The Morgan fingerprint density at radius 2 is 1.77 bits per heavy atom. The summed E-state index contributed by atoms with van der Waals surface area (Å²) >= 11 is 4.28. The van der Waals surface area contributed by atoms with E-state index in [-0.39, 0.29) is 0 Å². The van der Waals surface area contributed by atoms with E-state index in [9.17, 15) is 0 Å². The lowest BCUT2D eigenvalue weighted by atomic mass is 10.1. The van der Waals surface area contributed by atoms with Gasteiger partial charge in [0.2, 0.25) is 0 Å². The van der Waals surface area contributed by atoms with Crippen molar-refractivity contribution in [2.24, 2.45) is 5.41 Å². The Hall–Kier alpha value is -0.710. The second kappa shape index (κ2) is 4.50. The molecular weight excluding hydrogens is 182 g/mol. The highest BCUT2D eigenvalue weighted by atomic mass is 32.1. The Morgan fingerprint density at radius 1 is 1.23 bits per heavy atom. The SMILES string of the molecule is N#CCN(CC#N)CC1(CS)CC1. The molecule has 13 heavy (non-hydrogen) atoms. The summed E-state index contributed by atoms with van der Waals surface area (Å²) in [6.45, 7) is 1.55. The molecule has 0 saturated heterocycles. The van der Waals surface area contributed by atoms with Crippen LogP contribution in [0, 0.1) is 28.1 Å². The summed E-state index contributed by atoms with van der Waals surface area (Å²) in [5, 5.41) is 17.1. The number of nitrogens with zero attached hydrogens (tertiary/aromatic N) is 3. The normalized spacial score (nSPS) is 17.8. The Kier molecular flexibility index (Phi) is 3.59. The molecule has 0 heterocycles. The van der Waals surface area contributed by atoms with Crippen molar-refractivity contribution in [3.05, 3.63) is 0 Å². The molecule has 1 rings (SSSR count). The first-order chi connectivity index (χ1) is 6.26. The van der Waals surface area contributed by atoms with Crippen molar-refractivity contribution in [2.45, 2.75) is 12.8 Å². The number of nitriles is 2. The van der Waals surface area contributed by atoms with E-state index in [4.69, 9.17) is 10.5 Å². The van der Waals surface area contributed by atoms with E-state index in [0.717, 1.165) is 12.3 Å². The van der Waals surface area contributed by atoms with Crippen molar-refractivity contribution in [1.29, 1.82) is 10.5 Å². The van der Waals surface area contributed by atoms with Crippen LogP contribution in [0.1, 0.15) is 12.8 Å². The highest BCUT2D eigenvalue weighted by Gasteiger charge is 2.42. The van der Waals surface area contributed by atoms with Crippen LogP contribution in [0.25, 0.3) is 0 Å². The van der Waals surface area contributed by atoms with Gasteiger partial charge in [0.05, 0.1) is 25.2 Å². The molecule has 1 fully saturated rings. The number of thiol groups is 1. The molecule has 0 unspecified atom stereocenters. The van der Waals surface area contributed by atoms with E-state index >= 15 is 0 Å². The molecule has 3 nitrogen and oxygen atoms in total. The minimum atomic E-state index is 0.302. The maximum atomic E-state index is 8.53. The van der Waals surface area contributed by atoms with Gasteiger partial charge in [-0.3, -0.25) is 4.90 Å². The maximum absolute atomic E-state index is 8.53. The lowest BCUT2D eigenvalue weighted by Gasteiger charge is -2.21. The fourth-order valence-corrected chi connectivity index (χ4v) is 1.80. The van der Waals surface area contributed by atoms with Crippen molar-refractivity contribution < 1.29 is 0 Å². The van der Waals surface area contributed by atoms with Gasteiger partial charge in [0.15, 0.2) is 0 Å². The smallest absolute Gasteiger partial charge is 0.0874 e. The summed E-state index contributed by atoms with van der Waals surface area (Å²) in [5.74, 6) is 0.861. The largest absolute Gasteiger partial charge is 0.277 e. The molecule has 70 valence electrons. The molecule has 1 aliphatic carbocycles. The zero-order chi connectivity index (χ0) is 9.73. The Balaban J connectivity index is 2.39. The minimum absolute atomic E-state index is 0.302. The molecule has 4 heteroatoms. The molecule has 0 N–H and O–H groups in total. The second-order valence-corrected chi connectivity index (χ2v) is 3.94. The average Bonchev–Trinajstić information content (AvgIpc) is 2.87. The van der Waals surface area contributed by atoms with Crippen molar-refractivity contribution in [1.82, 2.24) is 4.90 Å². The van der Waals surface area contributed by atoms with Crippen LogP contribution >= 0.6 is 12.6 Å².